The zero-order valence-electron chi connectivity index (χ0n) is 10.5. The van der Waals surface area contributed by atoms with E-state index in [0.29, 0.717) is 24.7 Å². The highest BCUT2D eigenvalue weighted by atomic mass is 79.9. The number of hydrogen-bond donors (Lipinski definition) is 2. The van der Waals surface area contributed by atoms with Gasteiger partial charge in [-0.25, -0.2) is 0 Å². The van der Waals surface area contributed by atoms with Crippen LogP contribution in [0.25, 0.3) is 11.4 Å². The van der Waals surface area contributed by atoms with Crippen molar-refractivity contribution in [3.63, 3.8) is 0 Å². The summed E-state index contributed by atoms with van der Waals surface area (Å²) < 4.78 is 6.03. The van der Waals surface area contributed by atoms with Crippen LogP contribution in [0, 0.1) is 0 Å². The van der Waals surface area contributed by atoms with Gasteiger partial charge in [-0.2, -0.15) is 4.98 Å². The van der Waals surface area contributed by atoms with Gasteiger partial charge in [0.05, 0.1) is 12.5 Å². The van der Waals surface area contributed by atoms with E-state index >= 15 is 0 Å². The van der Waals surface area contributed by atoms with Gasteiger partial charge in [0.25, 0.3) is 0 Å². The molecule has 7 nitrogen and oxygen atoms in total. The summed E-state index contributed by atoms with van der Waals surface area (Å²) in [6.07, 6.45) is 3.71. The number of carbonyl (C=O) groups excluding carboxylic acids is 1. The number of hydrogen-bond acceptors (Lipinski definition) is 6. The van der Waals surface area contributed by atoms with E-state index in [1.807, 2.05) is 6.07 Å². The number of rotatable bonds is 3. The topological polar surface area (TPSA) is 92.9 Å². The lowest BCUT2D eigenvalue weighted by atomic mass is 10.1. The smallest absolute Gasteiger partial charge is 0.237 e. The Bertz CT molecular complexity index is 630. The van der Waals surface area contributed by atoms with Crippen LogP contribution in [-0.4, -0.2) is 40.2 Å². The van der Waals surface area contributed by atoms with E-state index < -0.39 is 0 Å². The molecule has 0 aromatic carbocycles. The van der Waals surface area contributed by atoms with Crippen LogP contribution in [-0.2, 0) is 11.2 Å². The monoisotopic (exact) mass is 337 g/mol. The van der Waals surface area contributed by atoms with Gasteiger partial charge >= 0.3 is 0 Å². The Balaban J connectivity index is 1.75. The van der Waals surface area contributed by atoms with Crippen molar-refractivity contribution in [2.24, 2.45) is 0 Å². The van der Waals surface area contributed by atoms with Gasteiger partial charge in [0.1, 0.15) is 0 Å². The van der Waals surface area contributed by atoms with Gasteiger partial charge in [0, 0.05) is 35.5 Å². The van der Waals surface area contributed by atoms with E-state index in [1.54, 1.807) is 12.4 Å². The van der Waals surface area contributed by atoms with Gasteiger partial charge in [-0.1, -0.05) is 5.16 Å². The Kier molecular flexibility index (Phi) is 3.75. The fourth-order valence-corrected chi connectivity index (χ4v) is 2.34. The molecule has 1 aliphatic heterocycles. The van der Waals surface area contributed by atoms with Crippen LogP contribution in [0.2, 0.25) is 0 Å². The van der Waals surface area contributed by atoms with Crippen LogP contribution in [0.15, 0.2) is 27.5 Å². The second-order valence-corrected chi connectivity index (χ2v) is 5.32. The quantitative estimate of drug-likeness (QED) is 0.848. The summed E-state index contributed by atoms with van der Waals surface area (Å²) >= 11 is 3.34. The molecule has 2 N–H and O–H groups in total. The number of halogens is 1. The molecule has 1 fully saturated rings. The highest BCUT2D eigenvalue weighted by Gasteiger charge is 2.24. The number of nitrogens with zero attached hydrogens (tertiary/aromatic N) is 3. The van der Waals surface area contributed by atoms with Gasteiger partial charge in [-0.05, 0) is 22.0 Å². The van der Waals surface area contributed by atoms with Gasteiger partial charge in [0.15, 0.2) is 0 Å². The highest BCUT2D eigenvalue weighted by molar-refractivity contribution is 9.10. The predicted octanol–water partition coefficient (Wildman–Crippen LogP) is 0.525. The third-order valence-electron chi connectivity index (χ3n) is 2.94. The fourth-order valence-electron chi connectivity index (χ4n) is 1.98. The standard InChI is InChI=1S/C12H12BrN5O2/c13-8-3-7(5-14-6-8)11-17-10(20-18-11)4-9-12(19)16-2-1-15-9/h3,5-6,9,15H,1-2,4H2,(H,16,19). The van der Waals surface area contributed by atoms with Gasteiger partial charge < -0.3 is 15.2 Å². The molecule has 1 saturated heterocycles. The van der Waals surface area contributed by atoms with Crippen molar-refractivity contribution in [2.45, 2.75) is 12.5 Å². The molecule has 0 saturated carbocycles. The Morgan fingerprint density at radius 3 is 3.10 bits per heavy atom. The van der Waals surface area contributed by atoms with E-state index in [4.69, 9.17) is 4.52 Å². The summed E-state index contributed by atoms with van der Waals surface area (Å²) in [5.74, 6) is 0.847. The molecule has 1 atom stereocenters. The first kappa shape index (κ1) is 13.2. The Labute approximate surface area is 123 Å². The molecule has 20 heavy (non-hydrogen) atoms. The summed E-state index contributed by atoms with van der Waals surface area (Å²) in [5, 5.41) is 9.82. The molecule has 2 aromatic heterocycles. The van der Waals surface area contributed by atoms with E-state index in [-0.39, 0.29) is 11.9 Å². The average molecular weight is 338 g/mol. The second-order valence-electron chi connectivity index (χ2n) is 4.41. The average Bonchev–Trinajstić information content (AvgIpc) is 2.90. The Morgan fingerprint density at radius 2 is 2.30 bits per heavy atom. The molecule has 2 aromatic rings. The van der Waals surface area contributed by atoms with Crippen LogP contribution in [0.1, 0.15) is 5.89 Å². The number of aromatic nitrogens is 3. The molecule has 3 heterocycles. The summed E-state index contributed by atoms with van der Waals surface area (Å²) in [6.45, 7) is 1.39. The molecule has 3 rings (SSSR count). The first-order valence-electron chi connectivity index (χ1n) is 6.17. The number of carbonyl (C=O) groups is 1. The second kappa shape index (κ2) is 5.68. The highest BCUT2D eigenvalue weighted by Crippen LogP contribution is 2.19. The molecule has 0 spiro atoms. The lowest BCUT2D eigenvalue weighted by molar-refractivity contribution is -0.124. The van der Waals surface area contributed by atoms with Gasteiger partial charge in [0.2, 0.25) is 17.6 Å². The van der Waals surface area contributed by atoms with Crippen LogP contribution in [0.5, 0.6) is 0 Å². The minimum atomic E-state index is -0.322. The van der Waals surface area contributed by atoms with E-state index in [9.17, 15) is 4.79 Å². The van der Waals surface area contributed by atoms with Crippen LogP contribution in [0.4, 0.5) is 0 Å². The minimum Gasteiger partial charge on any atom is -0.353 e. The molecular formula is C12H12BrN5O2. The first-order chi connectivity index (χ1) is 9.72. The maximum atomic E-state index is 11.6. The summed E-state index contributed by atoms with van der Waals surface area (Å²) in [5.41, 5.74) is 0.760. The van der Waals surface area contributed by atoms with Crippen molar-refractivity contribution in [3.8, 4) is 11.4 Å². The van der Waals surface area contributed by atoms with Crippen molar-refractivity contribution in [2.75, 3.05) is 13.1 Å². The SMILES string of the molecule is O=C1NCCNC1Cc1nc(-c2cncc(Br)c2)no1. The third-order valence-corrected chi connectivity index (χ3v) is 3.38. The number of nitrogens with one attached hydrogen (secondary N) is 2. The molecule has 1 amide bonds. The summed E-state index contributed by atoms with van der Waals surface area (Å²) in [6, 6.07) is 1.53. The molecule has 1 aliphatic rings. The molecular weight excluding hydrogens is 326 g/mol. The van der Waals surface area contributed by atoms with E-state index in [0.717, 1.165) is 16.6 Å². The Morgan fingerprint density at radius 1 is 1.40 bits per heavy atom. The number of amides is 1. The van der Waals surface area contributed by atoms with Crippen molar-refractivity contribution < 1.29 is 9.32 Å². The molecule has 0 radical (unpaired) electrons. The van der Waals surface area contributed by atoms with Crippen molar-refractivity contribution in [1.82, 2.24) is 25.8 Å². The van der Waals surface area contributed by atoms with Crippen LogP contribution in [0.3, 0.4) is 0 Å². The van der Waals surface area contributed by atoms with E-state index in [2.05, 4.69) is 41.7 Å². The maximum absolute atomic E-state index is 11.6. The van der Waals surface area contributed by atoms with Crippen molar-refractivity contribution in [1.29, 1.82) is 0 Å². The minimum absolute atomic E-state index is 0.0416. The summed E-state index contributed by atoms with van der Waals surface area (Å²) in [7, 11) is 0. The van der Waals surface area contributed by atoms with Gasteiger partial charge in [-0.3, -0.25) is 9.78 Å². The normalized spacial score (nSPS) is 18.9. The van der Waals surface area contributed by atoms with E-state index in [1.165, 1.54) is 0 Å². The zero-order valence-corrected chi connectivity index (χ0v) is 12.1. The fraction of sp³-hybridized carbons (Fsp3) is 0.333. The molecule has 8 heteroatoms. The lowest BCUT2D eigenvalue weighted by Gasteiger charge is -2.21. The van der Waals surface area contributed by atoms with Crippen LogP contribution >= 0.6 is 15.9 Å². The van der Waals surface area contributed by atoms with Crippen molar-refractivity contribution in [3.05, 3.63) is 28.8 Å². The number of pyridine rings is 1. The Hall–Kier alpha value is -1.80. The zero-order chi connectivity index (χ0) is 13.9. The number of piperazine rings is 1. The van der Waals surface area contributed by atoms with Crippen LogP contribution < -0.4 is 10.6 Å². The summed E-state index contributed by atoms with van der Waals surface area (Å²) in [4.78, 5) is 20.0. The van der Waals surface area contributed by atoms with Gasteiger partial charge in [-0.15, -0.1) is 0 Å². The first-order valence-corrected chi connectivity index (χ1v) is 6.96. The molecule has 0 aliphatic carbocycles. The third kappa shape index (κ3) is 2.86. The predicted molar refractivity (Wildman–Crippen MR) is 73.7 cm³/mol. The molecule has 1 unspecified atom stereocenters. The van der Waals surface area contributed by atoms with Crippen molar-refractivity contribution >= 4 is 21.8 Å². The molecule has 104 valence electrons. The molecule has 0 bridgehead atoms. The lowest BCUT2D eigenvalue weighted by Crippen LogP contribution is -2.53. The maximum Gasteiger partial charge on any atom is 0.237 e. The largest absolute Gasteiger partial charge is 0.353 e.